The normalized spacial score (nSPS) is 17.9. The maximum atomic E-state index is 13.2. The predicted octanol–water partition coefficient (Wildman–Crippen LogP) is 4.76. The molecular formula is C30H31N3O4. The Kier molecular flexibility index (Phi) is 7.59. The van der Waals surface area contributed by atoms with Gasteiger partial charge in [0.2, 0.25) is 5.91 Å². The van der Waals surface area contributed by atoms with Crippen LogP contribution in [0, 0.1) is 5.92 Å². The van der Waals surface area contributed by atoms with Crippen molar-refractivity contribution in [2.24, 2.45) is 11.0 Å². The molecule has 3 aromatic carbocycles. The van der Waals surface area contributed by atoms with Crippen LogP contribution in [0.25, 0.3) is 10.8 Å². The molecule has 0 radical (unpaired) electrons. The van der Waals surface area contributed by atoms with Gasteiger partial charge in [0.15, 0.2) is 6.61 Å². The van der Waals surface area contributed by atoms with Gasteiger partial charge in [0.1, 0.15) is 6.54 Å². The number of esters is 1. The molecule has 1 aliphatic carbocycles. The number of ether oxygens (including phenoxy) is 1. The first-order valence-corrected chi connectivity index (χ1v) is 13.0. The van der Waals surface area contributed by atoms with Crippen molar-refractivity contribution in [3.05, 3.63) is 83.9 Å². The maximum Gasteiger partial charge on any atom is 0.325 e. The van der Waals surface area contributed by atoms with Gasteiger partial charge in [0.05, 0.1) is 11.8 Å². The van der Waals surface area contributed by atoms with Gasteiger partial charge in [-0.05, 0) is 40.8 Å². The fraction of sp³-hybridized carbons (Fsp3) is 0.333. The van der Waals surface area contributed by atoms with Gasteiger partial charge in [-0.2, -0.15) is 5.10 Å². The summed E-state index contributed by atoms with van der Waals surface area (Å²) in [5.41, 5.74) is 2.72. The number of fused-ring (bicyclic) bond motifs is 1. The van der Waals surface area contributed by atoms with E-state index >= 15 is 0 Å². The number of rotatable bonds is 7. The molecule has 7 heteroatoms. The van der Waals surface area contributed by atoms with E-state index in [1.165, 1.54) is 5.01 Å². The molecule has 7 nitrogen and oxygen atoms in total. The Morgan fingerprint density at radius 3 is 2.41 bits per heavy atom. The Labute approximate surface area is 216 Å². The number of nitrogens with one attached hydrogen (secondary N) is 1. The van der Waals surface area contributed by atoms with Crippen molar-refractivity contribution in [1.82, 2.24) is 10.3 Å². The molecule has 0 saturated heterocycles. The van der Waals surface area contributed by atoms with Gasteiger partial charge in [-0.1, -0.05) is 86.0 Å². The van der Waals surface area contributed by atoms with E-state index in [-0.39, 0.29) is 24.4 Å². The fourth-order valence-corrected chi connectivity index (χ4v) is 5.15. The van der Waals surface area contributed by atoms with Gasteiger partial charge < -0.3 is 10.1 Å². The van der Waals surface area contributed by atoms with Crippen molar-refractivity contribution in [3.63, 3.8) is 0 Å². The Balaban J connectivity index is 1.25. The molecular weight excluding hydrogens is 466 g/mol. The quantitative estimate of drug-likeness (QED) is 0.477. The highest BCUT2D eigenvalue weighted by Crippen LogP contribution is 2.33. The van der Waals surface area contributed by atoms with Crippen molar-refractivity contribution >= 4 is 34.3 Å². The Bertz CT molecular complexity index is 1310. The Hall–Kier alpha value is -4.00. The van der Waals surface area contributed by atoms with E-state index < -0.39 is 18.5 Å². The minimum Gasteiger partial charge on any atom is -0.454 e. The second kappa shape index (κ2) is 11.4. The summed E-state index contributed by atoms with van der Waals surface area (Å²) >= 11 is 0. The number of hydrogen-bond donors (Lipinski definition) is 1. The summed E-state index contributed by atoms with van der Waals surface area (Å²) in [6, 6.07) is 23.7. The van der Waals surface area contributed by atoms with Crippen molar-refractivity contribution in [2.75, 3.05) is 13.2 Å². The zero-order chi connectivity index (χ0) is 25.6. The molecule has 2 aliphatic rings. The van der Waals surface area contributed by atoms with Gasteiger partial charge in [-0.15, -0.1) is 0 Å². The summed E-state index contributed by atoms with van der Waals surface area (Å²) in [5, 5.41) is 11.0. The van der Waals surface area contributed by atoms with E-state index in [4.69, 9.17) is 4.74 Å². The van der Waals surface area contributed by atoms with E-state index in [0.717, 1.165) is 59.7 Å². The molecule has 1 fully saturated rings. The van der Waals surface area contributed by atoms with Crippen molar-refractivity contribution < 1.29 is 19.1 Å². The van der Waals surface area contributed by atoms with E-state index in [1.54, 1.807) is 0 Å². The molecule has 0 aromatic heterocycles. The highest BCUT2D eigenvalue weighted by molar-refractivity contribution is 6.05. The summed E-state index contributed by atoms with van der Waals surface area (Å²) in [6.07, 6.45) is 5.49. The number of benzene rings is 3. The summed E-state index contributed by atoms with van der Waals surface area (Å²) in [6.45, 7) is -0.674. The molecule has 0 spiro atoms. The van der Waals surface area contributed by atoms with Crippen LogP contribution < -0.4 is 5.32 Å². The minimum absolute atomic E-state index is 0.0396. The highest BCUT2D eigenvalue weighted by Gasteiger charge is 2.33. The molecule has 1 N–H and O–H groups in total. The maximum absolute atomic E-state index is 13.2. The van der Waals surface area contributed by atoms with Crippen molar-refractivity contribution in [1.29, 1.82) is 0 Å². The van der Waals surface area contributed by atoms with Crippen molar-refractivity contribution in [3.8, 4) is 0 Å². The number of nitrogens with zero attached hydrogens (tertiary/aromatic N) is 2. The predicted molar refractivity (Wildman–Crippen MR) is 142 cm³/mol. The third kappa shape index (κ3) is 5.88. The smallest absolute Gasteiger partial charge is 0.325 e. The second-order valence-corrected chi connectivity index (χ2v) is 9.69. The molecule has 190 valence electrons. The summed E-state index contributed by atoms with van der Waals surface area (Å²) in [5.74, 6) is -1.19. The van der Waals surface area contributed by atoms with Crippen LogP contribution in [-0.2, 0) is 19.1 Å². The average Bonchev–Trinajstić information content (AvgIpc) is 3.41. The number of hydrazone groups is 1. The molecule has 1 heterocycles. The molecule has 37 heavy (non-hydrogen) atoms. The molecule has 1 unspecified atom stereocenters. The SMILES string of the molecule is O=C(CNC(=O)C1CCCCC1)OCC(=O)N1N=C(c2ccc3ccccc3c2)CC1c1ccccc1. The van der Waals surface area contributed by atoms with Gasteiger partial charge in [0.25, 0.3) is 5.91 Å². The molecule has 5 rings (SSSR count). The molecule has 1 aliphatic heterocycles. The van der Waals surface area contributed by atoms with Crippen molar-refractivity contribution in [2.45, 2.75) is 44.6 Å². The third-order valence-electron chi connectivity index (χ3n) is 7.17. The second-order valence-electron chi connectivity index (χ2n) is 9.69. The standard InChI is InChI=1S/C30H31N3O4/c34-28(20-37-29(35)19-31-30(36)23-12-5-2-6-13-23)33-27(22-10-3-1-4-11-22)18-26(32-33)25-16-15-21-9-7-8-14-24(21)17-25/h1,3-4,7-11,14-17,23,27H,2,5-6,12-13,18-20H2,(H,31,36). The van der Waals surface area contributed by atoms with Crippen LogP contribution in [0.5, 0.6) is 0 Å². The highest BCUT2D eigenvalue weighted by atomic mass is 16.5. The molecule has 1 saturated carbocycles. The van der Waals surface area contributed by atoms with Gasteiger partial charge in [-0.25, -0.2) is 5.01 Å². The van der Waals surface area contributed by atoms with E-state index in [1.807, 2.05) is 48.5 Å². The number of carbonyl (C=O) groups excluding carboxylic acids is 3. The van der Waals surface area contributed by atoms with Crippen LogP contribution in [-0.4, -0.2) is 41.7 Å². The zero-order valence-corrected chi connectivity index (χ0v) is 20.8. The number of amides is 2. The van der Waals surface area contributed by atoms with Gasteiger partial charge >= 0.3 is 5.97 Å². The Morgan fingerprint density at radius 2 is 1.62 bits per heavy atom. The topological polar surface area (TPSA) is 88.1 Å². The van der Waals surface area contributed by atoms with Crippen LogP contribution >= 0.6 is 0 Å². The van der Waals surface area contributed by atoms with Gasteiger partial charge in [-0.3, -0.25) is 14.4 Å². The fourth-order valence-electron chi connectivity index (χ4n) is 5.15. The van der Waals surface area contributed by atoms with E-state index in [0.29, 0.717) is 6.42 Å². The van der Waals surface area contributed by atoms with Crippen LogP contribution in [0.1, 0.15) is 55.7 Å². The molecule has 2 amide bonds. The first-order chi connectivity index (χ1) is 18.1. The lowest BCUT2D eigenvalue weighted by molar-refractivity contribution is -0.152. The third-order valence-corrected chi connectivity index (χ3v) is 7.17. The molecule has 0 bridgehead atoms. The zero-order valence-electron chi connectivity index (χ0n) is 20.8. The van der Waals surface area contributed by atoms with Crippen LogP contribution in [0.2, 0.25) is 0 Å². The van der Waals surface area contributed by atoms with Crippen LogP contribution in [0.3, 0.4) is 0 Å². The number of hydrogen-bond acceptors (Lipinski definition) is 5. The lowest BCUT2D eigenvalue weighted by Crippen LogP contribution is -2.37. The largest absolute Gasteiger partial charge is 0.454 e. The van der Waals surface area contributed by atoms with E-state index in [9.17, 15) is 14.4 Å². The lowest BCUT2D eigenvalue weighted by atomic mass is 9.89. The summed E-state index contributed by atoms with van der Waals surface area (Å²) in [7, 11) is 0. The molecule has 1 atom stereocenters. The van der Waals surface area contributed by atoms with Gasteiger partial charge in [0, 0.05) is 12.3 Å². The summed E-state index contributed by atoms with van der Waals surface area (Å²) < 4.78 is 5.22. The monoisotopic (exact) mass is 497 g/mol. The molecule has 3 aromatic rings. The van der Waals surface area contributed by atoms with Crippen LogP contribution in [0.4, 0.5) is 0 Å². The first kappa shape index (κ1) is 24.7. The summed E-state index contributed by atoms with van der Waals surface area (Å²) in [4.78, 5) is 37.7. The Morgan fingerprint density at radius 1 is 0.892 bits per heavy atom. The first-order valence-electron chi connectivity index (χ1n) is 13.0. The van der Waals surface area contributed by atoms with E-state index in [2.05, 4.69) is 34.7 Å². The number of carbonyl (C=O) groups is 3. The average molecular weight is 498 g/mol. The minimum atomic E-state index is -0.633. The lowest BCUT2D eigenvalue weighted by Gasteiger charge is -2.22. The van der Waals surface area contributed by atoms with Crippen LogP contribution in [0.15, 0.2) is 77.9 Å².